The van der Waals surface area contributed by atoms with E-state index in [-0.39, 0.29) is 5.97 Å². The number of aromatic nitrogens is 1. The van der Waals surface area contributed by atoms with Crippen molar-refractivity contribution in [1.82, 2.24) is 4.98 Å². The Hall–Kier alpha value is -1.62. The Balaban J connectivity index is 2.27. The molecule has 0 aromatic carbocycles. The number of esters is 1. The summed E-state index contributed by atoms with van der Waals surface area (Å²) in [6, 6.07) is 1.85. The second kappa shape index (κ2) is 4.94. The average Bonchev–Trinajstić information content (AvgIpc) is 3.00. The summed E-state index contributed by atoms with van der Waals surface area (Å²) in [5.41, 5.74) is 0.919. The first-order chi connectivity index (χ1) is 8.55. The Kier molecular flexibility index (Phi) is 3.52. The van der Waals surface area contributed by atoms with Gasteiger partial charge >= 0.3 is 5.97 Å². The van der Waals surface area contributed by atoms with Gasteiger partial charge in [-0.05, 0) is 26.8 Å². The first kappa shape index (κ1) is 12.8. The van der Waals surface area contributed by atoms with Gasteiger partial charge in [0.15, 0.2) is 0 Å². The summed E-state index contributed by atoms with van der Waals surface area (Å²) in [5.74, 6) is -0.256. The van der Waals surface area contributed by atoms with Gasteiger partial charge in [0, 0.05) is 10.9 Å². The SMILES string of the molecule is CCOC(=O)C(C)(C)c1csc(-c2ccoc2)n1. The highest BCUT2D eigenvalue weighted by Gasteiger charge is 2.34. The summed E-state index contributed by atoms with van der Waals surface area (Å²) in [6.45, 7) is 5.81. The Morgan fingerprint density at radius 1 is 1.56 bits per heavy atom. The zero-order valence-electron chi connectivity index (χ0n) is 10.6. The third-order valence-corrected chi connectivity index (χ3v) is 3.59. The molecule has 0 radical (unpaired) electrons. The molecular weight excluding hydrogens is 250 g/mol. The fraction of sp³-hybridized carbons (Fsp3) is 0.385. The summed E-state index contributed by atoms with van der Waals surface area (Å²) in [4.78, 5) is 16.4. The van der Waals surface area contributed by atoms with Gasteiger partial charge in [0.1, 0.15) is 16.7 Å². The lowest BCUT2D eigenvalue weighted by Crippen LogP contribution is -2.31. The van der Waals surface area contributed by atoms with E-state index >= 15 is 0 Å². The molecule has 0 spiro atoms. The van der Waals surface area contributed by atoms with Crippen molar-refractivity contribution < 1.29 is 13.9 Å². The molecule has 0 aliphatic carbocycles. The molecule has 0 atom stereocenters. The third kappa shape index (κ3) is 2.31. The molecule has 0 unspecified atom stereocenters. The van der Waals surface area contributed by atoms with E-state index < -0.39 is 5.41 Å². The van der Waals surface area contributed by atoms with Crippen molar-refractivity contribution in [2.75, 3.05) is 6.61 Å². The highest BCUT2D eigenvalue weighted by Crippen LogP contribution is 2.31. The van der Waals surface area contributed by atoms with Crippen molar-refractivity contribution in [2.45, 2.75) is 26.2 Å². The van der Waals surface area contributed by atoms with Gasteiger partial charge in [0.2, 0.25) is 0 Å². The lowest BCUT2D eigenvalue weighted by atomic mass is 9.90. The number of carbonyl (C=O) groups excluding carboxylic acids is 1. The standard InChI is InChI=1S/C13H15NO3S/c1-4-17-12(15)13(2,3)10-8-18-11(14-10)9-5-6-16-7-9/h5-8H,4H2,1-3H3. The molecule has 0 saturated heterocycles. The quantitative estimate of drug-likeness (QED) is 0.796. The normalized spacial score (nSPS) is 11.5. The van der Waals surface area contributed by atoms with E-state index in [0.717, 1.165) is 16.3 Å². The number of hydrogen-bond acceptors (Lipinski definition) is 5. The Bertz CT molecular complexity index is 528. The van der Waals surface area contributed by atoms with E-state index in [9.17, 15) is 4.79 Å². The summed E-state index contributed by atoms with van der Waals surface area (Å²) in [6.07, 6.45) is 3.24. The summed E-state index contributed by atoms with van der Waals surface area (Å²) < 4.78 is 10.1. The number of rotatable bonds is 4. The van der Waals surface area contributed by atoms with E-state index in [2.05, 4.69) is 4.98 Å². The smallest absolute Gasteiger partial charge is 0.317 e. The van der Waals surface area contributed by atoms with Crippen molar-refractivity contribution >= 4 is 17.3 Å². The average molecular weight is 265 g/mol. The van der Waals surface area contributed by atoms with Gasteiger partial charge in [-0.3, -0.25) is 4.79 Å². The van der Waals surface area contributed by atoms with Crippen molar-refractivity contribution in [3.63, 3.8) is 0 Å². The fourth-order valence-electron chi connectivity index (χ4n) is 1.50. The molecule has 0 saturated carbocycles. The zero-order chi connectivity index (χ0) is 13.2. The second-order valence-electron chi connectivity index (χ2n) is 4.40. The molecule has 0 bridgehead atoms. The largest absolute Gasteiger partial charge is 0.472 e. The topological polar surface area (TPSA) is 52.3 Å². The number of carbonyl (C=O) groups is 1. The van der Waals surface area contributed by atoms with Crippen LogP contribution in [0.4, 0.5) is 0 Å². The van der Waals surface area contributed by atoms with Crippen LogP contribution in [-0.2, 0) is 14.9 Å². The molecule has 2 aromatic rings. The van der Waals surface area contributed by atoms with Gasteiger partial charge in [-0.25, -0.2) is 4.98 Å². The molecule has 2 heterocycles. The van der Waals surface area contributed by atoms with E-state index in [1.165, 1.54) is 11.3 Å². The molecule has 18 heavy (non-hydrogen) atoms. The molecule has 2 aromatic heterocycles. The van der Waals surface area contributed by atoms with Crippen LogP contribution in [0.3, 0.4) is 0 Å². The van der Waals surface area contributed by atoms with Crippen LogP contribution in [0.1, 0.15) is 26.5 Å². The molecule has 0 amide bonds. The van der Waals surface area contributed by atoms with Crippen molar-refractivity contribution in [3.05, 3.63) is 29.7 Å². The van der Waals surface area contributed by atoms with Crippen LogP contribution >= 0.6 is 11.3 Å². The summed E-state index contributed by atoms with van der Waals surface area (Å²) >= 11 is 1.49. The van der Waals surface area contributed by atoms with Gasteiger partial charge in [-0.1, -0.05) is 0 Å². The molecule has 4 nitrogen and oxygen atoms in total. The molecule has 0 N–H and O–H groups in total. The van der Waals surface area contributed by atoms with Crippen LogP contribution in [0, 0.1) is 0 Å². The highest BCUT2D eigenvalue weighted by molar-refractivity contribution is 7.13. The lowest BCUT2D eigenvalue weighted by Gasteiger charge is -2.19. The molecule has 0 aliphatic heterocycles. The molecule has 0 fully saturated rings. The first-order valence-electron chi connectivity index (χ1n) is 5.71. The minimum atomic E-state index is -0.728. The van der Waals surface area contributed by atoms with E-state index in [0.29, 0.717) is 6.61 Å². The van der Waals surface area contributed by atoms with Crippen LogP contribution in [0.15, 0.2) is 28.4 Å². The monoisotopic (exact) mass is 265 g/mol. The highest BCUT2D eigenvalue weighted by atomic mass is 32.1. The van der Waals surface area contributed by atoms with Crippen LogP contribution in [0.25, 0.3) is 10.6 Å². The third-order valence-electron chi connectivity index (χ3n) is 2.70. The Morgan fingerprint density at radius 3 is 2.94 bits per heavy atom. The van der Waals surface area contributed by atoms with Gasteiger partial charge in [0.05, 0.1) is 18.6 Å². The molecule has 2 rings (SSSR count). The minimum Gasteiger partial charge on any atom is -0.472 e. The van der Waals surface area contributed by atoms with Crippen LogP contribution in [0.2, 0.25) is 0 Å². The lowest BCUT2D eigenvalue weighted by molar-refractivity contribution is -0.148. The van der Waals surface area contributed by atoms with E-state index in [1.807, 2.05) is 25.3 Å². The van der Waals surface area contributed by atoms with Crippen LogP contribution in [-0.4, -0.2) is 17.6 Å². The van der Waals surface area contributed by atoms with Crippen molar-refractivity contribution in [3.8, 4) is 10.6 Å². The van der Waals surface area contributed by atoms with Crippen molar-refractivity contribution in [1.29, 1.82) is 0 Å². The Labute approximate surface area is 110 Å². The predicted octanol–water partition coefficient (Wildman–Crippen LogP) is 3.24. The number of nitrogens with zero attached hydrogens (tertiary/aromatic N) is 1. The summed E-state index contributed by atoms with van der Waals surface area (Å²) in [5, 5.41) is 2.73. The minimum absolute atomic E-state index is 0.256. The van der Waals surface area contributed by atoms with Crippen LogP contribution in [0.5, 0.6) is 0 Å². The van der Waals surface area contributed by atoms with Gasteiger partial charge in [-0.2, -0.15) is 0 Å². The van der Waals surface area contributed by atoms with Gasteiger partial charge in [-0.15, -0.1) is 11.3 Å². The molecule has 0 aliphatic rings. The van der Waals surface area contributed by atoms with Gasteiger partial charge in [0.25, 0.3) is 0 Å². The number of furan rings is 1. The maximum Gasteiger partial charge on any atom is 0.317 e. The maximum absolute atomic E-state index is 11.9. The predicted molar refractivity (Wildman–Crippen MR) is 69.5 cm³/mol. The number of ether oxygens (including phenoxy) is 1. The zero-order valence-corrected chi connectivity index (χ0v) is 11.4. The van der Waals surface area contributed by atoms with E-state index in [1.54, 1.807) is 19.5 Å². The number of hydrogen-bond donors (Lipinski definition) is 0. The van der Waals surface area contributed by atoms with Crippen LogP contribution < -0.4 is 0 Å². The first-order valence-corrected chi connectivity index (χ1v) is 6.59. The molecular formula is C13H15NO3S. The number of thiazole rings is 1. The maximum atomic E-state index is 11.9. The molecule has 5 heteroatoms. The Morgan fingerprint density at radius 2 is 2.33 bits per heavy atom. The molecule has 96 valence electrons. The van der Waals surface area contributed by atoms with Crippen molar-refractivity contribution in [2.24, 2.45) is 0 Å². The summed E-state index contributed by atoms with van der Waals surface area (Å²) in [7, 11) is 0. The second-order valence-corrected chi connectivity index (χ2v) is 5.25. The van der Waals surface area contributed by atoms with E-state index in [4.69, 9.17) is 9.15 Å². The van der Waals surface area contributed by atoms with Gasteiger partial charge < -0.3 is 9.15 Å². The fourth-order valence-corrected chi connectivity index (χ4v) is 2.47.